The van der Waals surface area contributed by atoms with E-state index in [0.29, 0.717) is 5.56 Å². The van der Waals surface area contributed by atoms with Crippen molar-refractivity contribution in [3.63, 3.8) is 0 Å². The van der Waals surface area contributed by atoms with Gasteiger partial charge in [0.05, 0.1) is 6.07 Å². The maximum atomic E-state index is 13.7. The van der Waals surface area contributed by atoms with Crippen molar-refractivity contribution < 1.29 is 23.9 Å². The Morgan fingerprint density at radius 2 is 1.77 bits per heavy atom. The number of nitrogens with zero attached hydrogens (tertiary/aromatic N) is 2. The van der Waals surface area contributed by atoms with Gasteiger partial charge in [-0.3, -0.25) is 14.4 Å². The molecule has 0 fully saturated rings. The summed E-state index contributed by atoms with van der Waals surface area (Å²) in [6, 6.07) is 4.77. The summed E-state index contributed by atoms with van der Waals surface area (Å²) in [5.41, 5.74) is 6.72. The molecule has 0 saturated heterocycles. The fourth-order valence-corrected chi connectivity index (χ4v) is 3.51. The molecule has 0 spiro atoms. The SMILES string of the molecule is Cc1ccc(C(C(=O)NC(C)C)N(CC#N)C(=O)C(CCC(N)=O)NC(=O)OC(C)(C)C)c(C)c1. The van der Waals surface area contributed by atoms with E-state index in [2.05, 4.69) is 10.6 Å². The maximum absolute atomic E-state index is 13.7. The second kappa shape index (κ2) is 12.7. The number of ether oxygens (including phenoxy) is 1. The molecule has 0 aromatic heterocycles. The number of aryl methyl sites for hydroxylation is 2. The lowest BCUT2D eigenvalue weighted by Gasteiger charge is -2.34. The van der Waals surface area contributed by atoms with Crippen LogP contribution in [-0.2, 0) is 19.1 Å². The minimum atomic E-state index is -1.24. The molecule has 0 heterocycles. The van der Waals surface area contributed by atoms with Crippen molar-refractivity contribution in [3.05, 3.63) is 34.9 Å². The summed E-state index contributed by atoms with van der Waals surface area (Å²) < 4.78 is 5.26. The van der Waals surface area contributed by atoms with Gasteiger partial charge in [-0.15, -0.1) is 0 Å². The Bertz CT molecular complexity index is 977. The molecule has 0 bridgehead atoms. The number of nitrogens with one attached hydrogen (secondary N) is 2. The Morgan fingerprint density at radius 3 is 2.26 bits per heavy atom. The minimum Gasteiger partial charge on any atom is -0.444 e. The van der Waals surface area contributed by atoms with Gasteiger partial charge in [-0.25, -0.2) is 4.79 Å². The summed E-state index contributed by atoms with van der Waals surface area (Å²) in [4.78, 5) is 52.0. The van der Waals surface area contributed by atoms with Crippen LogP contribution in [0.15, 0.2) is 18.2 Å². The number of rotatable bonds is 10. The second-order valence-corrected chi connectivity index (χ2v) is 9.75. The highest BCUT2D eigenvalue weighted by Gasteiger charge is 2.37. The van der Waals surface area contributed by atoms with E-state index >= 15 is 0 Å². The van der Waals surface area contributed by atoms with Crippen LogP contribution in [0.2, 0.25) is 0 Å². The fraction of sp³-hybridized carbons (Fsp3) is 0.560. The van der Waals surface area contributed by atoms with E-state index in [1.54, 1.807) is 40.7 Å². The van der Waals surface area contributed by atoms with Crippen molar-refractivity contribution in [1.82, 2.24) is 15.5 Å². The summed E-state index contributed by atoms with van der Waals surface area (Å²) in [7, 11) is 0. The molecular formula is C25H37N5O5. The molecule has 4 amide bonds. The van der Waals surface area contributed by atoms with Crippen LogP contribution in [-0.4, -0.2) is 52.9 Å². The zero-order valence-electron chi connectivity index (χ0n) is 21.6. The highest BCUT2D eigenvalue weighted by molar-refractivity contribution is 5.93. The predicted molar refractivity (Wildman–Crippen MR) is 131 cm³/mol. The van der Waals surface area contributed by atoms with E-state index in [4.69, 9.17) is 10.5 Å². The third kappa shape index (κ3) is 9.65. The van der Waals surface area contributed by atoms with Crippen molar-refractivity contribution in [3.8, 4) is 6.07 Å². The average Bonchev–Trinajstić information content (AvgIpc) is 2.69. The van der Waals surface area contributed by atoms with Crippen LogP contribution < -0.4 is 16.4 Å². The lowest BCUT2D eigenvalue weighted by Crippen LogP contribution is -2.53. The summed E-state index contributed by atoms with van der Waals surface area (Å²) >= 11 is 0. The Morgan fingerprint density at radius 1 is 1.14 bits per heavy atom. The monoisotopic (exact) mass is 487 g/mol. The quantitative estimate of drug-likeness (QED) is 0.430. The maximum Gasteiger partial charge on any atom is 0.408 e. The molecule has 0 saturated carbocycles. The number of hydrogen-bond acceptors (Lipinski definition) is 6. The number of primary amides is 1. The number of amides is 4. The van der Waals surface area contributed by atoms with Crippen LogP contribution in [0.25, 0.3) is 0 Å². The topological polar surface area (TPSA) is 155 Å². The van der Waals surface area contributed by atoms with E-state index in [1.165, 1.54) is 0 Å². The molecule has 4 N–H and O–H groups in total. The van der Waals surface area contributed by atoms with Gasteiger partial charge in [-0.1, -0.05) is 23.8 Å². The molecule has 1 aromatic carbocycles. The van der Waals surface area contributed by atoms with Crippen LogP contribution >= 0.6 is 0 Å². The Labute approximate surface area is 207 Å². The summed E-state index contributed by atoms with van der Waals surface area (Å²) in [6.07, 6.45) is -1.19. The minimum absolute atomic E-state index is 0.124. The number of benzene rings is 1. The molecule has 2 atom stereocenters. The first kappa shape index (κ1) is 29.4. The van der Waals surface area contributed by atoms with Gasteiger partial charge >= 0.3 is 6.09 Å². The van der Waals surface area contributed by atoms with Crippen LogP contribution in [0.5, 0.6) is 0 Å². The van der Waals surface area contributed by atoms with Gasteiger partial charge in [0, 0.05) is 12.5 Å². The first-order valence-corrected chi connectivity index (χ1v) is 11.5. The standard InChI is InChI=1S/C25H37N5O5/c1-15(2)28-22(32)21(18-9-8-16(3)14-17(18)4)30(13-12-26)23(33)19(10-11-20(27)31)29-24(34)35-25(5,6)7/h8-9,14-15,19,21H,10-11,13H2,1-7H3,(H2,27,31)(H,28,32)(H,29,34). The number of carbonyl (C=O) groups is 4. The predicted octanol–water partition coefficient (Wildman–Crippen LogP) is 2.38. The third-order valence-electron chi connectivity index (χ3n) is 4.90. The molecule has 10 heteroatoms. The van der Waals surface area contributed by atoms with Crippen LogP contribution in [0.3, 0.4) is 0 Å². The number of alkyl carbamates (subject to hydrolysis) is 1. The van der Waals surface area contributed by atoms with Crippen molar-refractivity contribution in [1.29, 1.82) is 5.26 Å². The largest absolute Gasteiger partial charge is 0.444 e. The van der Waals surface area contributed by atoms with Gasteiger partial charge in [-0.2, -0.15) is 5.26 Å². The Balaban J connectivity index is 3.50. The van der Waals surface area contributed by atoms with E-state index < -0.39 is 48.0 Å². The van der Waals surface area contributed by atoms with Gasteiger partial charge in [-0.05, 0) is 66.0 Å². The number of carbonyl (C=O) groups excluding carboxylic acids is 4. The first-order valence-electron chi connectivity index (χ1n) is 11.5. The van der Waals surface area contributed by atoms with Gasteiger partial charge in [0.1, 0.15) is 24.2 Å². The first-order chi connectivity index (χ1) is 16.2. The van der Waals surface area contributed by atoms with E-state index in [0.717, 1.165) is 16.0 Å². The molecule has 2 unspecified atom stereocenters. The summed E-state index contributed by atoms with van der Waals surface area (Å²) in [6.45, 7) is 11.9. The molecule has 0 aliphatic carbocycles. The molecule has 192 valence electrons. The highest BCUT2D eigenvalue weighted by Crippen LogP contribution is 2.27. The van der Waals surface area contributed by atoms with Crippen LogP contribution in [0.4, 0.5) is 4.79 Å². The summed E-state index contributed by atoms with van der Waals surface area (Å²) in [5, 5.41) is 14.8. The number of nitriles is 1. The zero-order valence-corrected chi connectivity index (χ0v) is 21.6. The van der Waals surface area contributed by atoms with E-state index in [1.807, 2.05) is 32.0 Å². The van der Waals surface area contributed by atoms with Crippen LogP contribution in [0.1, 0.15) is 70.2 Å². The Hall–Kier alpha value is -3.61. The molecule has 0 aliphatic rings. The molecule has 1 rings (SSSR count). The molecule has 35 heavy (non-hydrogen) atoms. The fourth-order valence-electron chi connectivity index (χ4n) is 3.51. The molecule has 0 aliphatic heterocycles. The smallest absolute Gasteiger partial charge is 0.408 e. The van der Waals surface area contributed by atoms with Crippen molar-refractivity contribution in [2.24, 2.45) is 5.73 Å². The summed E-state index contributed by atoms with van der Waals surface area (Å²) in [5.74, 6) is -1.84. The molecular weight excluding hydrogens is 450 g/mol. The lowest BCUT2D eigenvalue weighted by atomic mass is 9.96. The number of nitrogens with two attached hydrogens (primary N) is 1. The van der Waals surface area contributed by atoms with Gasteiger partial charge in [0.15, 0.2) is 0 Å². The zero-order chi connectivity index (χ0) is 26.9. The third-order valence-corrected chi connectivity index (χ3v) is 4.90. The highest BCUT2D eigenvalue weighted by atomic mass is 16.6. The van der Waals surface area contributed by atoms with Gasteiger partial charge in [0.2, 0.25) is 17.7 Å². The molecule has 0 radical (unpaired) electrons. The van der Waals surface area contributed by atoms with E-state index in [-0.39, 0.29) is 18.9 Å². The molecule has 10 nitrogen and oxygen atoms in total. The van der Waals surface area contributed by atoms with Crippen molar-refractivity contribution in [2.45, 2.75) is 85.0 Å². The average molecular weight is 488 g/mol. The van der Waals surface area contributed by atoms with Gasteiger partial charge in [0.25, 0.3) is 0 Å². The normalized spacial score (nSPS) is 12.8. The second-order valence-electron chi connectivity index (χ2n) is 9.75. The van der Waals surface area contributed by atoms with E-state index in [9.17, 15) is 24.4 Å². The Kier molecular flexibility index (Phi) is 10.7. The van der Waals surface area contributed by atoms with Crippen molar-refractivity contribution in [2.75, 3.05) is 6.54 Å². The molecule has 1 aromatic rings. The van der Waals surface area contributed by atoms with Crippen LogP contribution in [0, 0.1) is 25.2 Å². The number of hydrogen-bond donors (Lipinski definition) is 3. The van der Waals surface area contributed by atoms with Crippen molar-refractivity contribution >= 4 is 23.8 Å². The van der Waals surface area contributed by atoms with Gasteiger partial charge < -0.3 is 26.0 Å². The lowest BCUT2D eigenvalue weighted by molar-refractivity contribution is -0.142.